The Labute approximate surface area is 127 Å². The molecule has 2 N–H and O–H groups in total. The van der Waals surface area contributed by atoms with Crippen molar-refractivity contribution in [3.8, 4) is 0 Å². The van der Waals surface area contributed by atoms with E-state index >= 15 is 0 Å². The molecule has 21 heavy (non-hydrogen) atoms. The Morgan fingerprint density at radius 2 is 1.81 bits per heavy atom. The summed E-state index contributed by atoms with van der Waals surface area (Å²) in [6, 6.07) is 8.82. The summed E-state index contributed by atoms with van der Waals surface area (Å²) < 4.78 is 0. The van der Waals surface area contributed by atoms with Crippen LogP contribution in [0.25, 0.3) is 0 Å². The highest BCUT2D eigenvalue weighted by Crippen LogP contribution is 2.10. The van der Waals surface area contributed by atoms with Crippen molar-refractivity contribution in [2.75, 3.05) is 26.7 Å². The van der Waals surface area contributed by atoms with Gasteiger partial charge >= 0.3 is 0 Å². The van der Waals surface area contributed by atoms with Gasteiger partial charge in [0.05, 0.1) is 6.54 Å². The topological polar surface area (TPSA) is 49.6 Å². The second kappa shape index (κ2) is 7.57. The molecule has 1 saturated heterocycles. The van der Waals surface area contributed by atoms with Gasteiger partial charge in [0, 0.05) is 32.7 Å². The van der Waals surface area contributed by atoms with Crippen molar-refractivity contribution in [3.05, 3.63) is 35.4 Å². The van der Waals surface area contributed by atoms with E-state index in [2.05, 4.69) is 36.1 Å². The van der Waals surface area contributed by atoms with Gasteiger partial charge in [-0.2, -0.15) is 0 Å². The number of piperidine rings is 1. The molecule has 2 rings (SSSR count). The molecule has 4 heteroatoms. The van der Waals surface area contributed by atoms with Gasteiger partial charge in [0.2, 0.25) is 5.91 Å². The maximum Gasteiger partial charge on any atom is 0.236 e. The lowest BCUT2D eigenvalue weighted by Crippen LogP contribution is -2.44. The van der Waals surface area contributed by atoms with Crippen LogP contribution in [0.2, 0.25) is 0 Å². The average molecular weight is 289 g/mol. The molecule has 1 aliphatic heterocycles. The van der Waals surface area contributed by atoms with Crippen LogP contribution < -0.4 is 5.73 Å². The highest BCUT2D eigenvalue weighted by molar-refractivity contribution is 5.78. The molecule has 0 spiro atoms. The zero-order chi connectivity index (χ0) is 15.2. The van der Waals surface area contributed by atoms with Gasteiger partial charge in [0.15, 0.2) is 0 Å². The minimum absolute atomic E-state index is 0.185. The molecule has 0 unspecified atom stereocenters. The molecule has 116 valence electrons. The lowest BCUT2D eigenvalue weighted by atomic mass is 10.1. The molecule has 1 amide bonds. The SMILES string of the molecule is CCc1ccc(CN(C)C(=O)CN2CCC(N)CC2)cc1. The summed E-state index contributed by atoms with van der Waals surface area (Å²) in [6.07, 6.45) is 3.04. The van der Waals surface area contributed by atoms with Crippen LogP contribution in [0, 0.1) is 0 Å². The molecule has 4 nitrogen and oxygen atoms in total. The zero-order valence-corrected chi connectivity index (χ0v) is 13.2. The maximum absolute atomic E-state index is 12.3. The summed E-state index contributed by atoms with van der Waals surface area (Å²) in [5, 5.41) is 0. The molecule has 1 aromatic rings. The third kappa shape index (κ3) is 4.83. The van der Waals surface area contributed by atoms with Gasteiger partial charge < -0.3 is 10.6 Å². The highest BCUT2D eigenvalue weighted by atomic mass is 16.2. The number of nitrogens with zero attached hydrogens (tertiary/aromatic N) is 2. The van der Waals surface area contributed by atoms with Gasteiger partial charge in [0.25, 0.3) is 0 Å². The van der Waals surface area contributed by atoms with E-state index in [1.807, 2.05) is 11.9 Å². The Balaban J connectivity index is 1.81. The van der Waals surface area contributed by atoms with Crippen molar-refractivity contribution in [3.63, 3.8) is 0 Å². The minimum atomic E-state index is 0.185. The van der Waals surface area contributed by atoms with Gasteiger partial charge in [-0.15, -0.1) is 0 Å². The van der Waals surface area contributed by atoms with Gasteiger partial charge in [-0.25, -0.2) is 0 Å². The first-order valence-electron chi connectivity index (χ1n) is 7.88. The number of carbonyl (C=O) groups is 1. The third-order valence-corrected chi connectivity index (χ3v) is 4.27. The minimum Gasteiger partial charge on any atom is -0.340 e. The van der Waals surface area contributed by atoms with E-state index in [0.717, 1.165) is 32.4 Å². The number of amides is 1. The van der Waals surface area contributed by atoms with Crippen molar-refractivity contribution < 1.29 is 4.79 Å². The number of benzene rings is 1. The van der Waals surface area contributed by atoms with Crippen molar-refractivity contribution in [2.45, 2.75) is 38.8 Å². The van der Waals surface area contributed by atoms with Crippen LogP contribution in [0.3, 0.4) is 0 Å². The number of carbonyl (C=O) groups excluding carboxylic acids is 1. The van der Waals surface area contributed by atoms with Crippen LogP contribution in [0.1, 0.15) is 30.9 Å². The van der Waals surface area contributed by atoms with E-state index in [9.17, 15) is 4.79 Å². The summed E-state index contributed by atoms with van der Waals surface area (Å²) in [4.78, 5) is 16.3. The highest BCUT2D eigenvalue weighted by Gasteiger charge is 2.19. The van der Waals surface area contributed by atoms with Crippen molar-refractivity contribution in [1.82, 2.24) is 9.80 Å². The number of hydrogen-bond acceptors (Lipinski definition) is 3. The van der Waals surface area contributed by atoms with E-state index in [1.54, 1.807) is 0 Å². The number of nitrogens with two attached hydrogens (primary N) is 1. The van der Waals surface area contributed by atoms with Crippen LogP contribution in [-0.4, -0.2) is 48.4 Å². The molecule has 0 bridgehead atoms. The molecule has 1 aliphatic rings. The van der Waals surface area contributed by atoms with Gasteiger partial charge in [-0.1, -0.05) is 31.2 Å². The quantitative estimate of drug-likeness (QED) is 0.896. The maximum atomic E-state index is 12.3. The van der Waals surface area contributed by atoms with E-state index < -0.39 is 0 Å². The normalized spacial score (nSPS) is 16.9. The van der Waals surface area contributed by atoms with Gasteiger partial charge in [-0.05, 0) is 30.4 Å². The lowest BCUT2D eigenvalue weighted by Gasteiger charge is -2.30. The van der Waals surface area contributed by atoms with Crippen LogP contribution in [0.4, 0.5) is 0 Å². The molecule has 0 atom stereocenters. The Kier molecular flexibility index (Phi) is 5.76. The number of rotatable bonds is 5. The molecule has 0 aromatic heterocycles. The monoisotopic (exact) mass is 289 g/mol. The van der Waals surface area contributed by atoms with Crippen LogP contribution in [-0.2, 0) is 17.8 Å². The molecular formula is C17H27N3O. The van der Waals surface area contributed by atoms with E-state index in [0.29, 0.717) is 19.1 Å². The van der Waals surface area contributed by atoms with Crippen LogP contribution in [0.15, 0.2) is 24.3 Å². The summed E-state index contributed by atoms with van der Waals surface area (Å²) in [7, 11) is 1.88. The number of aryl methyl sites for hydroxylation is 1. The fourth-order valence-corrected chi connectivity index (χ4v) is 2.67. The first-order chi connectivity index (χ1) is 10.1. The van der Waals surface area contributed by atoms with E-state index in [-0.39, 0.29) is 5.91 Å². The largest absolute Gasteiger partial charge is 0.340 e. The zero-order valence-electron chi connectivity index (χ0n) is 13.2. The molecule has 0 saturated carbocycles. The van der Waals surface area contributed by atoms with Crippen LogP contribution >= 0.6 is 0 Å². The fourth-order valence-electron chi connectivity index (χ4n) is 2.67. The molecular weight excluding hydrogens is 262 g/mol. The summed E-state index contributed by atoms with van der Waals surface area (Å²) in [5.41, 5.74) is 8.41. The predicted molar refractivity (Wildman–Crippen MR) is 85.9 cm³/mol. The van der Waals surface area contributed by atoms with E-state index in [1.165, 1.54) is 11.1 Å². The fraction of sp³-hybridized carbons (Fsp3) is 0.588. The first-order valence-corrected chi connectivity index (χ1v) is 7.88. The standard InChI is InChI=1S/C17H27N3O/c1-3-14-4-6-15(7-5-14)12-19(2)17(21)13-20-10-8-16(18)9-11-20/h4-7,16H,3,8-13,18H2,1-2H3. The molecule has 1 fully saturated rings. The van der Waals surface area contributed by atoms with Crippen molar-refractivity contribution in [2.24, 2.45) is 5.73 Å². The second-order valence-corrected chi connectivity index (χ2v) is 6.03. The third-order valence-electron chi connectivity index (χ3n) is 4.27. The Bertz CT molecular complexity index is 450. The molecule has 0 radical (unpaired) electrons. The molecule has 1 heterocycles. The van der Waals surface area contributed by atoms with E-state index in [4.69, 9.17) is 5.73 Å². The average Bonchev–Trinajstić information content (AvgIpc) is 2.50. The smallest absolute Gasteiger partial charge is 0.236 e. The Morgan fingerprint density at radius 3 is 2.38 bits per heavy atom. The number of hydrogen-bond donors (Lipinski definition) is 1. The van der Waals surface area contributed by atoms with Gasteiger partial charge in [0.1, 0.15) is 0 Å². The lowest BCUT2D eigenvalue weighted by molar-refractivity contribution is -0.131. The van der Waals surface area contributed by atoms with Gasteiger partial charge in [-0.3, -0.25) is 9.69 Å². The van der Waals surface area contributed by atoms with Crippen molar-refractivity contribution in [1.29, 1.82) is 0 Å². The summed E-state index contributed by atoms with van der Waals surface area (Å²) >= 11 is 0. The summed E-state index contributed by atoms with van der Waals surface area (Å²) in [6.45, 7) is 5.21. The molecule has 0 aliphatic carbocycles. The Hall–Kier alpha value is -1.39. The first kappa shape index (κ1) is 16.0. The molecule has 1 aromatic carbocycles. The second-order valence-electron chi connectivity index (χ2n) is 6.03. The van der Waals surface area contributed by atoms with Crippen LogP contribution in [0.5, 0.6) is 0 Å². The summed E-state index contributed by atoms with van der Waals surface area (Å²) in [5.74, 6) is 0.185. The van der Waals surface area contributed by atoms with Crippen molar-refractivity contribution >= 4 is 5.91 Å². The number of likely N-dealkylation sites (tertiary alicyclic amines) is 1. The predicted octanol–water partition coefficient (Wildman–Crippen LogP) is 1.63. The number of likely N-dealkylation sites (N-methyl/N-ethyl adjacent to an activating group) is 1. The Morgan fingerprint density at radius 1 is 1.24 bits per heavy atom.